The van der Waals surface area contributed by atoms with Crippen molar-refractivity contribution >= 4 is 11.3 Å². The van der Waals surface area contributed by atoms with Gasteiger partial charge in [0.1, 0.15) is 5.82 Å². The van der Waals surface area contributed by atoms with Crippen LogP contribution in [0.25, 0.3) is 10.6 Å². The Bertz CT molecular complexity index is 898. The van der Waals surface area contributed by atoms with Gasteiger partial charge in [-0.25, -0.2) is 4.98 Å². The van der Waals surface area contributed by atoms with Gasteiger partial charge in [0.05, 0.1) is 16.3 Å². The SMILES string of the molecule is Cc1nc(C2CCCN(Cc3ccc(-c4ccn[nH]4)s3)C2)cc(=O)[nH]1. The van der Waals surface area contributed by atoms with Crippen LogP contribution < -0.4 is 5.56 Å². The average Bonchev–Trinajstić information content (AvgIpc) is 3.25. The summed E-state index contributed by atoms with van der Waals surface area (Å²) in [4.78, 5) is 24.0. The van der Waals surface area contributed by atoms with Gasteiger partial charge in [0, 0.05) is 36.1 Å². The quantitative estimate of drug-likeness (QED) is 0.754. The Balaban J connectivity index is 1.45. The van der Waals surface area contributed by atoms with Crippen molar-refractivity contribution < 1.29 is 0 Å². The topological polar surface area (TPSA) is 77.7 Å². The van der Waals surface area contributed by atoms with Crippen molar-refractivity contribution in [2.75, 3.05) is 13.1 Å². The number of nitrogens with zero attached hydrogens (tertiary/aromatic N) is 3. The summed E-state index contributed by atoms with van der Waals surface area (Å²) in [5, 5.41) is 7.03. The zero-order chi connectivity index (χ0) is 17.2. The van der Waals surface area contributed by atoms with Crippen molar-refractivity contribution in [1.82, 2.24) is 25.1 Å². The fourth-order valence-electron chi connectivity index (χ4n) is 3.47. The highest BCUT2D eigenvalue weighted by Gasteiger charge is 2.23. The Morgan fingerprint density at radius 1 is 1.36 bits per heavy atom. The number of piperidine rings is 1. The molecule has 1 fully saturated rings. The predicted octanol–water partition coefficient (Wildman–Crippen LogP) is 2.91. The highest BCUT2D eigenvalue weighted by Crippen LogP contribution is 2.30. The first-order valence-electron chi connectivity index (χ1n) is 8.56. The summed E-state index contributed by atoms with van der Waals surface area (Å²) >= 11 is 1.80. The van der Waals surface area contributed by atoms with Crippen LogP contribution in [0.1, 0.15) is 35.2 Å². The normalized spacial score (nSPS) is 18.5. The van der Waals surface area contributed by atoms with Gasteiger partial charge in [0.25, 0.3) is 5.56 Å². The molecule has 4 rings (SSSR count). The fraction of sp³-hybridized carbons (Fsp3) is 0.389. The highest BCUT2D eigenvalue weighted by molar-refractivity contribution is 7.15. The number of hydrogen-bond donors (Lipinski definition) is 2. The second kappa shape index (κ2) is 6.93. The van der Waals surface area contributed by atoms with Crippen LogP contribution in [0.2, 0.25) is 0 Å². The molecule has 1 unspecified atom stereocenters. The molecule has 1 atom stereocenters. The predicted molar refractivity (Wildman–Crippen MR) is 98.7 cm³/mol. The van der Waals surface area contributed by atoms with E-state index in [1.54, 1.807) is 23.6 Å². The number of nitrogens with one attached hydrogen (secondary N) is 2. The molecule has 25 heavy (non-hydrogen) atoms. The molecule has 3 aromatic rings. The van der Waals surface area contributed by atoms with E-state index in [0.29, 0.717) is 11.7 Å². The second-order valence-corrected chi connectivity index (χ2v) is 7.73. The molecule has 1 saturated heterocycles. The number of aryl methyl sites for hydroxylation is 1. The molecule has 0 saturated carbocycles. The summed E-state index contributed by atoms with van der Waals surface area (Å²) in [6, 6.07) is 7.99. The minimum Gasteiger partial charge on any atom is -0.311 e. The van der Waals surface area contributed by atoms with E-state index in [0.717, 1.165) is 43.9 Å². The van der Waals surface area contributed by atoms with E-state index in [-0.39, 0.29) is 5.56 Å². The Labute approximate surface area is 149 Å². The summed E-state index contributed by atoms with van der Waals surface area (Å²) < 4.78 is 0. The third kappa shape index (κ3) is 3.72. The van der Waals surface area contributed by atoms with E-state index in [2.05, 4.69) is 37.2 Å². The number of hydrogen-bond acceptors (Lipinski definition) is 5. The Morgan fingerprint density at radius 2 is 2.28 bits per heavy atom. The maximum atomic E-state index is 11.7. The average molecular weight is 355 g/mol. The lowest BCUT2D eigenvalue weighted by Crippen LogP contribution is -2.34. The van der Waals surface area contributed by atoms with Crippen molar-refractivity contribution in [3.63, 3.8) is 0 Å². The van der Waals surface area contributed by atoms with Crippen molar-refractivity contribution in [3.05, 3.63) is 57.2 Å². The molecule has 1 aliphatic heterocycles. The molecule has 0 radical (unpaired) electrons. The van der Waals surface area contributed by atoms with E-state index in [4.69, 9.17) is 0 Å². The van der Waals surface area contributed by atoms with E-state index >= 15 is 0 Å². The molecule has 0 aliphatic carbocycles. The van der Waals surface area contributed by atoms with Crippen LogP contribution in [0.3, 0.4) is 0 Å². The molecule has 7 heteroatoms. The molecule has 4 heterocycles. The van der Waals surface area contributed by atoms with Crippen molar-refractivity contribution in [1.29, 1.82) is 0 Å². The standard InChI is InChI=1S/C18H21N5OS/c1-12-20-16(9-18(24)21-12)13-3-2-8-23(10-13)11-14-4-5-17(25-14)15-6-7-19-22-15/h4-7,9,13H,2-3,8,10-11H2,1H3,(H,19,22)(H,20,21,24). The summed E-state index contributed by atoms with van der Waals surface area (Å²) in [6.45, 7) is 4.83. The summed E-state index contributed by atoms with van der Waals surface area (Å²) in [5.74, 6) is 1.03. The maximum absolute atomic E-state index is 11.7. The Morgan fingerprint density at radius 3 is 3.08 bits per heavy atom. The minimum atomic E-state index is -0.0536. The van der Waals surface area contributed by atoms with E-state index in [1.165, 1.54) is 9.75 Å². The van der Waals surface area contributed by atoms with Crippen molar-refractivity contribution in [2.24, 2.45) is 0 Å². The number of H-pyrrole nitrogens is 2. The summed E-state index contributed by atoms with van der Waals surface area (Å²) in [6.07, 6.45) is 4.01. The number of rotatable bonds is 4. The zero-order valence-corrected chi connectivity index (χ0v) is 15.0. The Kier molecular flexibility index (Phi) is 4.50. The van der Waals surface area contributed by atoms with E-state index in [1.807, 2.05) is 13.0 Å². The van der Waals surface area contributed by atoms with Crippen LogP contribution >= 0.6 is 11.3 Å². The lowest BCUT2D eigenvalue weighted by Gasteiger charge is -2.32. The van der Waals surface area contributed by atoms with Crippen LogP contribution in [-0.4, -0.2) is 38.2 Å². The molecule has 6 nitrogen and oxygen atoms in total. The van der Waals surface area contributed by atoms with Crippen LogP contribution in [0.4, 0.5) is 0 Å². The fourth-order valence-corrected chi connectivity index (χ4v) is 4.50. The van der Waals surface area contributed by atoms with Gasteiger partial charge in [-0.1, -0.05) is 0 Å². The lowest BCUT2D eigenvalue weighted by molar-refractivity contribution is 0.200. The highest BCUT2D eigenvalue weighted by atomic mass is 32.1. The van der Waals surface area contributed by atoms with E-state index < -0.39 is 0 Å². The number of aromatic amines is 2. The number of likely N-dealkylation sites (tertiary alicyclic amines) is 1. The van der Waals surface area contributed by atoms with E-state index in [9.17, 15) is 4.79 Å². The van der Waals surface area contributed by atoms with Gasteiger partial charge in [-0.3, -0.25) is 14.8 Å². The first-order chi connectivity index (χ1) is 12.2. The Hall–Kier alpha value is -2.25. The van der Waals surface area contributed by atoms with Crippen molar-refractivity contribution in [2.45, 2.75) is 32.2 Å². The molecule has 0 aromatic carbocycles. The van der Waals surface area contributed by atoms with Gasteiger partial charge >= 0.3 is 0 Å². The lowest BCUT2D eigenvalue weighted by atomic mass is 9.94. The summed E-state index contributed by atoms with van der Waals surface area (Å²) in [7, 11) is 0. The smallest absolute Gasteiger partial charge is 0.251 e. The largest absolute Gasteiger partial charge is 0.311 e. The molecule has 1 aliphatic rings. The monoisotopic (exact) mass is 355 g/mol. The first-order valence-corrected chi connectivity index (χ1v) is 9.38. The van der Waals surface area contributed by atoms with Gasteiger partial charge in [0.2, 0.25) is 0 Å². The van der Waals surface area contributed by atoms with Crippen LogP contribution in [0.5, 0.6) is 0 Å². The molecule has 0 amide bonds. The third-order valence-corrected chi connectivity index (χ3v) is 5.71. The second-order valence-electron chi connectivity index (χ2n) is 6.57. The molecule has 130 valence electrons. The maximum Gasteiger partial charge on any atom is 0.251 e. The molecule has 0 spiro atoms. The minimum absolute atomic E-state index is 0.0536. The van der Waals surface area contributed by atoms with Gasteiger partial charge < -0.3 is 4.98 Å². The van der Waals surface area contributed by atoms with Crippen LogP contribution in [0, 0.1) is 6.92 Å². The molecular weight excluding hydrogens is 334 g/mol. The zero-order valence-electron chi connectivity index (χ0n) is 14.2. The van der Waals surface area contributed by atoms with Gasteiger partial charge in [-0.15, -0.1) is 11.3 Å². The molecule has 2 N–H and O–H groups in total. The van der Waals surface area contributed by atoms with Crippen LogP contribution in [0.15, 0.2) is 35.3 Å². The first kappa shape index (κ1) is 16.2. The number of thiophene rings is 1. The molecule has 3 aromatic heterocycles. The van der Waals surface area contributed by atoms with Crippen molar-refractivity contribution in [3.8, 4) is 10.6 Å². The summed E-state index contributed by atoms with van der Waals surface area (Å²) in [5.41, 5.74) is 1.94. The van der Waals surface area contributed by atoms with Gasteiger partial charge in [0.15, 0.2) is 0 Å². The van der Waals surface area contributed by atoms with Gasteiger partial charge in [-0.05, 0) is 44.5 Å². The molecule has 0 bridgehead atoms. The van der Waals surface area contributed by atoms with Crippen LogP contribution in [-0.2, 0) is 6.54 Å². The number of aromatic nitrogens is 4. The third-order valence-electron chi connectivity index (χ3n) is 4.61. The van der Waals surface area contributed by atoms with Gasteiger partial charge in [-0.2, -0.15) is 5.10 Å². The molecular formula is C18H21N5OS.